The Hall–Kier alpha value is -2.91. The van der Waals surface area contributed by atoms with E-state index in [9.17, 15) is 26.7 Å². The molecule has 2 aromatic rings. The average Bonchev–Trinajstić information content (AvgIpc) is 2.70. The zero-order valence-electron chi connectivity index (χ0n) is 19.3. The fraction of sp³-hybridized carbons (Fsp3) is 0.348. The number of sulfonamides is 2. The molecule has 184 valence electrons. The molecule has 0 spiro atoms. The van der Waals surface area contributed by atoms with Crippen LogP contribution in [0, 0.1) is 17.8 Å². The summed E-state index contributed by atoms with van der Waals surface area (Å²) in [5.74, 6) is 5.27. The topological polar surface area (TPSA) is 153 Å². The second-order valence-electron chi connectivity index (χ2n) is 8.47. The Kier molecular flexibility index (Phi) is 8.50. The smallest absolute Gasteiger partial charge is 0.265 e. The molecule has 0 fully saturated rings. The summed E-state index contributed by atoms with van der Waals surface area (Å²) in [6.45, 7) is 7.21. The van der Waals surface area contributed by atoms with Gasteiger partial charge in [0.05, 0.1) is 17.8 Å². The molecule has 0 saturated carbocycles. The number of hydrogen-bond donors (Lipinski definition) is 3. The maximum atomic E-state index is 12.8. The van der Waals surface area contributed by atoms with Gasteiger partial charge in [0.1, 0.15) is 15.5 Å². The maximum absolute atomic E-state index is 12.8. The van der Waals surface area contributed by atoms with E-state index in [1.165, 1.54) is 30.3 Å². The number of benzene rings is 2. The molecule has 0 aromatic heterocycles. The minimum absolute atomic E-state index is 0.0509. The number of aliphatic hydroxyl groups is 1. The van der Waals surface area contributed by atoms with Crippen LogP contribution in [0.2, 0.25) is 0 Å². The van der Waals surface area contributed by atoms with Gasteiger partial charge < -0.3 is 9.84 Å². The zero-order chi connectivity index (χ0) is 25.7. The molecule has 0 radical (unpaired) electrons. The summed E-state index contributed by atoms with van der Waals surface area (Å²) in [4.78, 5) is 11.5. The lowest BCUT2D eigenvalue weighted by molar-refractivity contribution is 0.0552. The molecule has 0 atom stereocenters. The van der Waals surface area contributed by atoms with Crippen molar-refractivity contribution in [3.8, 4) is 17.6 Å². The second-order valence-corrected chi connectivity index (χ2v) is 11.7. The van der Waals surface area contributed by atoms with Crippen molar-refractivity contribution < 1.29 is 31.5 Å². The van der Waals surface area contributed by atoms with Gasteiger partial charge in [-0.2, -0.15) is 0 Å². The van der Waals surface area contributed by atoms with Crippen molar-refractivity contribution in [2.75, 3.05) is 6.61 Å². The van der Waals surface area contributed by atoms with Gasteiger partial charge in [-0.25, -0.2) is 26.7 Å². The number of carbonyl (C=O) groups excluding carboxylic acids is 1. The van der Waals surface area contributed by atoms with Crippen molar-refractivity contribution in [3.05, 3.63) is 53.6 Å². The maximum Gasteiger partial charge on any atom is 0.265 e. The highest BCUT2D eigenvalue weighted by molar-refractivity contribution is 7.92. The predicted octanol–water partition coefficient (Wildman–Crippen LogP) is 2.00. The van der Waals surface area contributed by atoms with Crippen LogP contribution in [0.4, 0.5) is 0 Å². The summed E-state index contributed by atoms with van der Waals surface area (Å²) < 4.78 is 56.7. The third-order valence-electron chi connectivity index (χ3n) is 4.38. The molecule has 0 saturated heterocycles. The number of amides is 1. The first-order valence-electron chi connectivity index (χ1n) is 10.3. The highest BCUT2D eigenvalue weighted by Gasteiger charge is 2.26. The van der Waals surface area contributed by atoms with E-state index in [1.54, 1.807) is 13.8 Å². The molecule has 4 N–H and O–H groups in total. The van der Waals surface area contributed by atoms with Crippen LogP contribution in [-0.2, 0) is 20.0 Å². The number of nitrogens with one attached hydrogen (secondary N) is 1. The monoisotopic (exact) mass is 508 g/mol. The van der Waals surface area contributed by atoms with E-state index in [0.29, 0.717) is 12.0 Å². The van der Waals surface area contributed by atoms with Gasteiger partial charge in [0.2, 0.25) is 10.0 Å². The summed E-state index contributed by atoms with van der Waals surface area (Å²) >= 11 is 0. The molecule has 2 aromatic carbocycles. The van der Waals surface area contributed by atoms with Gasteiger partial charge in [-0.05, 0) is 44.2 Å². The van der Waals surface area contributed by atoms with Crippen LogP contribution in [0.5, 0.6) is 5.75 Å². The van der Waals surface area contributed by atoms with E-state index < -0.39 is 41.3 Å². The average molecular weight is 509 g/mol. The first kappa shape index (κ1) is 27.3. The van der Waals surface area contributed by atoms with Crippen molar-refractivity contribution in [2.45, 2.75) is 49.5 Å². The Morgan fingerprint density at radius 3 is 2.29 bits per heavy atom. The lowest BCUT2D eigenvalue weighted by Crippen LogP contribution is -2.32. The third kappa shape index (κ3) is 7.85. The van der Waals surface area contributed by atoms with Crippen molar-refractivity contribution in [1.29, 1.82) is 0 Å². The summed E-state index contributed by atoms with van der Waals surface area (Å²) in [5.41, 5.74) is -0.530. The standard InChI is InChI=1S/C23H28N2O7S2/c1-16(2)9-10-17-11-12-18(15-19(17)32-14-13-23(3,4)27)22(26)25-34(30,31)21-8-6-5-7-20(21)33(24,28)29/h5-8,11-12,15-16,27H,13-14H2,1-4H3,(H,25,26)(H2,24,28,29). The molecule has 0 aliphatic rings. The van der Waals surface area contributed by atoms with Gasteiger partial charge in [0.25, 0.3) is 15.9 Å². The molecule has 2 rings (SSSR count). The SMILES string of the molecule is CC(C)C#Cc1ccc(C(=O)NS(=O)(=O)c2ccccc2S(N)(=O)=O)cc1OCCC(C)(C)O. The Labute approximate surface area is 200 Å². The number of rotatable bonds is 8. The third-order valence-corrected chi connectivity index (χ3v) is 6.87. The first-order chi connectivity index (χ1) is 15.6. The first-order valence-corrected chi connectivity index (χ1v) is 13.3. The van der Waals surface area contributed by atoms with E-state index in [-0.39, 0.29) is 23.8 Å². The number of primary sulfonamides is 1. The zero-order valence-corrected chi connectivity index (χ0v) is 21.0. The largest absolute Gasteiger partial charge is 0.492 e. The van der Waals surface area contributed by atoms with Crippen molar-refractivity contribution >= 4 is 26.0 Å². The van der Waals surface area contributed by atoms with Crippen LogP contribution >= 0.6 is 0 Å². The molecule has 11 heteroatoms. The van der Waals surface area contributed by atoms with Crippen molar-refractivity contribution in [3.63, 3.8) is 0 Å². The summed E-state index contributed by atoms with van der Waals surface area (Å²) in [7, 11) is -8.91. The molecule has 0 aliphatic heterocycles. The van der Waals surface area contributed by atoms with E-state index in [0.717, 1.165) is 12.1 Å². The fourth-order valence-electron chi connectivity index (χ4n) is 2.66. The summed E-state index contributed by atoms with van der Waals surface area (Å²) in [6, 6.07) is 8.93. The second kappa shape index (κ2) is 10.6. The molecular weight excluding hydrogens is 480 g/mol. The molecular formula is C23H28N2O7S2. The van der Waals surface area contributed by atoms with Crippen LogP contribution < -0.4 is 14.6 Å². The predicted molar refractivity (Wildman–Crippen MR) is 127 cm³/mol. The van der Waals surface area contributed by atoms with Crippen LogP contribution in [-0.4, -0.2) is 40.1 Å². The molecule has 0 aliphatic carbocycles. The highest BCUT2D eigenvalue weighted by atomic mass is 32.2. The van der Waals surface area contributed by atoms with Gasteiger partial charge in [-0.15, -0.1) is 0 Å². The Morgan fingerprint density at radius 1 is 1.12 bits per heavy atom. The lowest BCUT2D eigenvalue weighted by atomic mass is 10.1. The van der Waals surface area contributed by atoms with Gasteiger partial charge in [0.15, 0.2) is 0 Å². The highest BCUT2D eigenvalue weighted by Crippen LogP contribution is 2.23. The molecule has 9 nitrogen and oxygen atoms in total. The minimum atomic E-state index is -4.56. The number of ether oxygens (including phenoxy) is 1. The lowest BCUT2D eigenvalue weighted by Gasteiger charge is -2.18. The van der Waals surface area contributed by atoms with Gasteiger partial charge in [-0.3, -0.25) is 4.79 Å². The van der Waals surface area contributed by atoms with E-state index in [1.807, 2.05) is 18.6 Å². The fourth-order valence-corrected chi connectivity index (χ4v) is 5.02. The Morgan fingerprint density at radius 2 is 1.74 bits per heavy atom. The van der Waals surface area contributed by atoms with E-state index in [2.05, 4.69) is 11.8 Å². The van der Waals surface area contributed by atoms with Gasteiger partial charge in [-0.1, -0.05) is 37.8 Å². The van der Waals surface area contributed by atoms with E-state index >= 15 is 0 Å². The minimum Gasteiger partial charge on any atom is -0.492 e. The number of carbonyl (C=O) groups is 1. The van der Waals surface area contributed by atoms with Crippen molar-refractivity contribution in [1.82, 2.24) is 4.72 Å². The Bertz CT molecular complexity index is 1330. The van der Waals surface area contributed by atoms with Crippen molar-refractivity contribution in [2.24, 2.45) is 11.1 Å². The number of hydrogen-bond acceptors (Lipinski definition) is 7. The van der Waals surface area contributed by atoms with Crippen LogP contribution in [0.3, 0.4) is 0 Å². The quantitative estimate of drug-likeness (QED) is 0.461. The molecule has 0 bridgehead atoms. The summed E-state index contributed by atoms with van der Waals surface area (Å²) in [5, 5.41) is 15.0. The molecule has 1 amide bonds. The number of nitrogens with two attached hydrogens (primary N) is 1. The van der Waals surface area contributed by atoms with E-state index in [4.69, 9.17) is 9.88 Å². The normalized spacial score (nSPS) is 12.1. The molecule has 0 unspecified atom stereocenters. The molecule has 0 heterocycles. The van der Waals surface area contributed by atoms with Gasteiger partial charge in [0, 0.05) is 17.9 Å². The molecule has 34 heavy (non-hydrogen) atoms. The van der Waals surface area contributed by atoms with Crippen LogP contribution in [0.1, 0.15) is 50.0 Å². The Balaban J connectivity index is 2.39. The van der Waals surface area contributed by atoms with Gasteiger partial charge >= 0.3 is 0 Å². The summed E-state index contributed by atoms with van der Waals surface area (Å²) in [6.07, 6.45) is 0.305. The van der Waals surface area contributed by atoms with Crippen LogP contribution in [0.25, 0.3) is 0 Å². The van der Waals surface area contributed by atoms with Crippen LogP contribution in [0.15, 0.2) is 52.3 Å².